The van der Waals surface area contributed by atoms with Crippen LogP contribution in [0.1, 0.15) is 23.1 Å². The van der Waals surface area contributed by atoms with Gasteiger partial charge >= 0.3 is 0 Å². The first kappa shape index (κ1) is 8.47. The first-order chi connectivity index (χ1) is 6.20. The summed E-state index contributed by atoms with van der Waals surface area (Å²) >= 11 is 0. The molecule has 0 fully saturated rings. The molecule has 0 saturated heterocycles. The third kappa shape index (κ3) is 1.28. The number of aliphatic hydroxyl groups excluding tert-OH is 1. The monoisotopic (exact) mass is 181 g/mol. The van der Waals surface area contributed by atoms with Crippen LogP contribution in [0, 0.1) is 6.92 Å². The summed E-state index contributed by atoms with van der Waals surface area (Å²) in [6.07, 6.45) is 1.36. The minimum atomic E-state index is -1.01. The average molecular weight is 181 g/mol. The lowest BCUT2D eigenvalue weighted by molar-refractivity contribution is -0.111. The first-order valence-electron chi connectivity index (χ1n) is 4.17. The molecule has 2 rings (SSSR count). The second-order valence-electron chi connectivity index (χ2n) is 3.10. The van der Waals surface area contributed by atoms with Crippen molar-refractivity contribution in [2.75, 3.05) is 6.61 Å². The van der Waals surface area contributed by atoms with E-state index in [1.807, 2.05) is 0 Å². The van der Waals surface area contributed by atoms with Gasteiger partial charge in [-0.05, 0) is 18.9 Å². The van der Waals surface area contributed by atoms with Crippen LogP contribution in [0.15, 0.2) is 6.20 Å². The summed E-state index contributed by atoms with van der Waals surface area (Å²) in [5.41, 5.74) is 1.85. The van der Waals surface area contributed by atoms with Crippen molar-refractivity contribution in [1.29, 1.82) is 0 Å². The standard InChI is InChI=1S/C9H11NO3/c1-5-8(11)7-6(4-10-5)2-3-13-9(7)12/h4,9,11-12H,2-3H2,1H3. The van der Waals surface area contributed by atoms with Crippen molar-refractivity contribution < 1.29 is 14.9 Å². The number of fused-ring (bicyclic) bond motifs is 1. The molecule has 1 atom stereocenters. The van der Waals surface area contributed by atoms with Crippen molar-refractivity contribution in [2.24, 2.45) is 0 Å². The van der Waals surface area contributed by atoms with E-state index in [1.165, 1.54) is 0 Å². The zero-order valence-electron chi connectivity index (χ0n) is 7.32. The molecule has 13 heavy (non-hydrogen) atoms. The third-order valence-corrected chi connectivity index (χ3v) is 2.25. The summed E-state index contributed by atoms with van der Waals surface area (Å²) in [5.74, 6) is 0.0460. The zero-order valence-corrected chi connectivity index (χ0v) is 7.32. The zero-order chi connectivity index (χ0) is 9.42. The number of ether oxygens (including phenoxy) is 1. The first-order valence-corrected chi connectivity index (χ1v) is 4.17. The van der Waals surface area contributed by atoms with Crippen LogP contribution in [0.25, 0.3) is 0 Å². The minimum absolute atomic E-state index is 0.0460. The fourth-order valence-corrected chi connectivity index (χ4v) is 1.49. The highest BCUT2D eigenvalue weighted by Crippen LogP contribution is 2.33. The molecule has 0 bridgehead atoms. The van der Waals surface area contributed by atoms with Crippen molar-refractivity contribution in [3.63, 3.8) is 0 Å². The molecular formula is C9H11NO3. The van der Waals surface area contributed by atoms with Gasteiger partial charge in [0, 0.05) is 6.20 Å². The predicted octanol–water partition coefficient (Wildman–Crippen LogP) is 0.659. The molecule has 0 saturated carbocycles. The predicted molar refractivity (Wildman–Crippen MR) is 45.3 cm³/mol. The van der Waals surface area contributed by atoms with Crippen molar-refractivity contribution in [3.05, 3.63) is 23.0 Å². The van der Waals surface area contributed by atoms with E-state index in [2.05, 4.69) is 4.98 Å². The molecule has 4 heteroatoms. The number of hydrogen-bond acceptors (Lipinski definition) is 4. The number of hydrogen-bond donors (Lipinski definition) is 2. The van der Waals surface area contributed by atoms with Gasteiger partial charge in [0.05, 0.1) is 17.9 Å². The minimum Gasteiger partial charge on any atom is -0.506 e. The van der Waals surface area contributed by atoms with Gasteiger partial charge in [0.25, 0.3) is 0 Å². The van der Waals surface area contributed by atoms with Crippen LogP contribution in [-0.2, 0) is 11.2 Å². The summed E-state index contributed by atoms with van der Waals surface area (Å²) < 4.78 is 5.01. The molecular weight excluding hydrogens is 170 g/mol. The quantitative estimate of drug-likeness (QED) is 0.617. The smallest absolute Gasteiger partial charge is 0.185 e. The van der Waals surface area contributed by atoms with Gasteiger partial charge in [-0.15, -0.1) is 0 Å². The lowest BCUT2D eigenvalue weighted by Crippen LogP contribution is -2.16. The van der Waals surface area contributed by atoms with Crippen molar-refractivity contribution >= 4 is 0 Å². The SMILES string of the molecule is Cc1ncc2c(c1O)C(O)OCC2. The van der Waals surface area contributed by atoms with Gasteiger partial charge in [-0.1, -0.05) is 0 Å². The Morgan fingerprint density at radius 1 is 1.62 bits per heavy atom. The summed E-state index contributed by atoms with van der Waals surface area (Å²) in [6.45, 7) is 2.16. The Morgan fingerprint density at radius 3 is 3.15 bits per heavy atom. The number of nitrogens with zero attached hydrogens (tertiary/aromatic N) is 1. The maximum absolute atomic E-state index is 9.61. The molecule has 0 aromatic carbocycles. The third-order valence-electron chi connectivity index (χ3n) is 2.25. The molecule has 1 aliphatic rings. The Kier molecular flexibility index (Phi) is 1.94. The van der Waals surface area contributed by atoms with E-state index in [4.69, 9.17) is 4.74 Å². The van der Waals surface area contributed by atoms with Gasteiger partial charge in [-0.3, -0.25) is 4.98 Å². The molecule has 1 aliphatic heterocycles. The van der Waals surface area contributed by atoms with Crippen molar-refractivity contribution in [1.82, 2.24) is 4.98 Å². The Morgan fingerprint density at radius 2 is 2.38 bits per heavy atom. The number of aromatic hydroxyl groups is 1. The van der Waals surface area contributed by atoms with E-state index in [-0.39, 0.29) is 5.75 Å². The number of pyridine rings is 1. The molecule has 1 unspecified atom stereocenters. The second kappa shape index (κ2) is 2.97. The van der Waals surface area contributed by atoms with Crippen LogP contribution in [-0.4, -0.2) is 21.8 Å². The molecule has 0 aliphatic carbocycles. The Balaban J connectivity index is 2.58. The Hall–Kier alpha value is -1.13. The lowest BCUT2D eigenvalue weighted by Gasteiger charge is -2.22. The summed E-state index contributed by atoms with van der Waals surface area (Å²) in [6, 6.07) is 0. The van der Waals surface area contributed by atoms with Gasteiger partial charge in [-0.25, -0.2) is 0 Å². The van der Waals surface area contributed by atoms with Gasteiger partial charge in [0.1, 0.15) is 5.75 Å². The molecule has 70 valence electrons. The molecule has 2 N–H and O–H groups in total. The van der Waals surface area contributed by atoms with Crippen LogP contribution >= 0.6 is 0 Å². The van der Waals surface area contributed by atoms with Crippen LogP contribution in [0.2, 0.25) is 0 Å². The van der Waals surface area contributed by atoms with Crippen LogP contribution in [0.5, 0.6) is 5.75 Å². The second-order valence-corrected chi connectivity index (χ2v) is 3.10. The fourth-order valence-electron chi connectivity index (χ4n) is 1.49. The van der Waals surface area contributed by atoms with E-state index in [1.54, 1.807) is 13.1 Å². The number of rotatable bonds is 0. The summed E-state index contributed by atoms with van der Waals surface area (Å²) in [7, 11) is 0. The Labute approximate surface area is 75.8 Å². The molecule has 0 radical (unpaired) electrons. The van der Waals surface area contributed by atoms with E-state index < -0.39 is 6.29 Å². The van der Waals surface area contributed by atoms with E-state index >= 15 is 0 Å². The number of aliphatic hydroxyl groups is 1. The number of aromatic nitrogens is 1. The Bertz CT molecular complexity index is 338. The highest BCUT2D eigenvalue weighted by molar-refractivity contribution is 5.42. The topological polar surface area (TPSA) is 62.6 Å². The molecule has 2 heterocycles. The van der Waals surface area contributed by atoms with Gasteiger partial charge in [0.2, 0.25) is 0 Å². The van der Waals surface area contributed by atoms with Gasteiger partial charge in [-0.2, -0.15) is 0 Å². The summed E-state index contributed by atoms with van der Waals surface area (Å²) in [4.78, 5) is 4.01. The maximum Gasteiger partial charge on any atom is 0.185 e. The average Bonchev–Trinajstić information content (AvgIpc) is 2.12. The molecule has 4 nitrogen and oxygen atoms in total. The highest BCUT2D eigenvalue weighted by atomic mass is 16.6. The van der Waals surface area contributed by atoms with Crippen molar-refractivity contribution in [2.45, 2.75) is 19.6 Å². The van der Waals surface area contributed by atoms with Gasteiger partial charge < -0.3 is 14.9 Å². The molecule has 1 aromatic rings. The number of aryl methyl sites for hydroxylation is 1. The maximum atomic E-state index is 9.61. The van der Waals surface area contributed by atoms with E-state index in [9.17, 15) is 10.2 Å². The van der Waals surface area contributed by atoms with Crippen LogP contribution in [0.3, 0.4) is 0 Å². The lowest BCUT2D eigenvalue weighted by atomic mass is 10.0. The molecule has 1 aromatic heterocycles. The van der Waals surface area contributed by atoms with E-state index in [0.717, 1.165) is 5.56 Å². The van der Waals surface area contributed by atoms with Crippen molar-refractivity contribution in [3.8, 4) is 5.75 Å². The van der Waals surface area contributed by atoms with Crippen LogP contribution < -0.4 is 0 Å². The fraction of sp³-hybridized carbons (Fsp3) is 0.444. The highest BCUT2D eigenvalue weighted by Gasteiger charge is 2.23. The molecule has 0 spiro atoms. The van der Waals surface area contributed by atoms with E-state index in [0.29, 0.717) is 24.3 Å². The normalized spacial score (nSPS) is 21.2. The molecule has 0 amide bonds. The van der Waals surface area contributed by atoms with Crippen LogP contribution in [0.4, 0.5) is 0 Å². The van der Waals surface area contributed by atoms with Gasteiger partial charge in [0.15, 0.2) is 6.29 Å². The largest absolute Gasteiger partial charge is 0.506 e. The summed E-state index contributed by atoms with van der Waals surface area (Å²) in [5, 5.41) is 19.1.